The number of nitrogens with one attached hydrogen (secondary N) is 1. The molecule has 0 saturated carbocycles. The van der Waals surface area contributed by atoms with Gasteiger partial charge in [-0.2, -0.15) is 0 Å². The van der Waals surface area contributed by atoms with Gasteiger partial charge >= 0.3 is 0 Å². The number of benzene rings is 3. The molecule has 0 atom stereocenters. The molecule has 1 saturated heterocycles. The van der Waals surface area contributed by atoms with Crippen LogP contribution in [0, 0.1) is 6.92 Å². The van der Waals surface area contributed by atoms with E-state index in [2.05, 4.69) is 22.4 Å². The van der Waals surface area contributed by atoms with Gasteiger partial charge in [0.1, 0.15) is 12.4 Å². The third-order valence-electron chi connectivity index (χ3n) is 4.52. The van der Waals surface area contributed by atoms with E-state index in [9.17, 15) is 4.79 Å². The third kappa shape index (κ3) is 5.31. The third-order valence-corrected chi connectivity index (χ3v) is 6.24. The summed E-state index contributed by atoms with van der Waals surface area (Å²) in [6.07, 6.45) is 1.80. The van der Waals surface area contributed by atoms with E-state index in [1.165, 1.54) is 17.3 Å². The Kier molecular flexibility index (Phi) is 6.66. The normalized spacial score (nSPS) is 16.0. The van der Waals surface area contributed by atoms with Crippen molar-refractivity contribution in [3.8, 4) is 5.75 Å². The average molecular weight is 469 g/mol. The number of para-hydroxylation sites is 1. The molecule has 1 heterocycles. The molecule has 0 spiro atoms. The predicted octanol–water partition coefficient (Wildman–Crippen LogP) is 6.77. The number of hydrogen-bond donors (Lipinski definition) is 1. The summed E-state index contributed by atoms with van der Waals surface area (Å²) in [6.45, 7) is 2.49. The van der Waals surface area contributed by atoms with Gasteiger partial charge in [0, 0.05) is 5.56 Å². The lowest BCUT2D eigenvalue weighted by molar-refractivity contribution is -0.115. The molecule has 0 aromatic heterocycles. The zero-order chi connectivity index (χ0) is 21.8. The number of halogens is 2. The van der Waals surface area contributed by atoms with E-state index in [4.69, 9.17) is 27.9 Å². The molecule has 1 aliphatic rings. The number of amidine groups is 1. The van der Waals surface area contributed by atoms with Gasteiger partial charge in [-0.3, -0.25) is 4.79 Å². The van der Waals surface area contributed by atoms with E-state index >= 15 is 0 Å². The highest BCUT2D eigenvalue weighted by molar-refractivity contribution is 8.18. The summed E-state index contributed by atoms with van der Waals surface area (Å²) in [6, 6.07) is 21.0. The molecule has 1 fully saturated rings. The van der Waals surface area contributed by atoms with Crippen LogP contribution < -0.4 is 10.1 Å². The van der Waals surface area contributed by atoms with Gasteiger partial charge in [0.05, 0.1) is 20.6 Å². The van der Waals surface area contributed by atoms with Crippen molar-refractivity contribution in [2.75, 3.05) is 0 Å². The maximum Gasteiger partial charge on any atom is 0.264 e. The van der Waals surface area contributed by atoms with Gasteiger partial charge in [0.2, 0.25) is 0 Å². The lowest BCUT2D eigenvalue weighted by atomic mass is 10.1. The first kappa shape index (κ1) is 21.5. The molecule has 0 bridgehead atoms. The number of hydrogen-bond acceptors (Lipinski definition) is 4. The predicted molar refractivity (Wildman–Crippen MR) is 129 cm³/mol. The van der Waals surface area contributed by atoms with Crippen molar-refractivity contribution in [1.29, 1.82) is 0 Å². The Morgan fingerprint density at radius 2 is 1.81 bits per heavy atom. The van der Waals surface area contributed by atoms with Gasteiger partial charge in [-0.05, 0) is 48.5 Å². The van der Waals surface area contributed by atoms with Crippen LogP contribution in [0.25, 0.3) is 6.08 Å². The highest BCUT2D eigenvalue weighted by atomic mass is 35.5. The van der Waals surface area contributed by atoms with Gasteiger partial charge < -0.3 is 10.1 Å². The number of thioether (sulfide) groups is 1. The second-order valence-corrected chi connectivity index (χ2v) is 8.68. The van der Waals surface area contributed by atoms with Crippen LogP contribution >= 0.6 is 35.0 Å². The minimum Gasteiger partial charge on any atom is -0.488 e. The molecular weight excluding hydrogens is 451 g/mol. The van der Waals surface area contributed by atoms with Crippen LogP contribution in [-0.2, 0) is 11.4 Å². The molecule has 0 radical (unpaired) electrons. The van der Waals surface area contributed by atoms with Crippen molar-refractivity contribution in [2.24, 2.45) is 4.99 Å². The number of ether oxygens (including phenoxy) is 1. The van der Waals surface area contributed by atoms with Crippen molar-refractivity contribution in [3.63, 3.8) is 0 Å². The van der Waals surface area contributed by atoms with Crippen LogP contribution in [-0.4, -0.2) is 11.1 Å². The second kappa shape index (κ2) is 9.60. The van der Waals surface area contributed by atoms with Gasteiger partial charge in [-0.25, -0.2) is 4.99 Å². The van der Waals surface area contributed by atoms with E-state index in [0.717, 1.165) is 11.1 Å². The van der Waals surface area contributed by atoms with Crippen LogP contribution in [0.1, 0.15) is 16.7 Å². The summed E-state index contributed by atoms with van der Waals surface area (Å²) in [7, 11) is 0. The van der Waals surface area contributed by atoms with E-state index in [-0.39, 0.29) is 5.91 Å². The molecule has 1 aliphatic heterocycles. The molecule has 1 amide bonds. The fourth-order valence-electron chi connectivity index (χ4n) is 2.89. The smallest absolute Gasteiger partial charge is 0.264 e. The van der Waals surface area contributed by atoms with Gasteiger partial charge in [0.25, 0.3) is 5.91 Å². The zero-order valence-electron chi connectivity index (χ0n) is 16.6. The largest absolute Gasteiger partial charge is 0.488 e. The minimum absolute atomic E-state index is 0.227. The summed E-state index contributed by atoms with van der Waals surface area (Å²) in [5.41, 5.74) is 3.60. The molecule has 3 aromatic rings. The maximum absolute atomic E-state index is 12.5. The van der Waals surface area contributed by atoms with Crippen molar-refractivity contribution in [1.82, 2.24) is 5.32 Å². The number of aryl methyl sites for hydroxylation is 1. The quantitative estimate of drug-likeness (QED) is 0.420. The van der Waals surface area contributed by atoms with Crippen molar-refractivity contribution in [3.05, 3.63) is 98.4 Å². The van der Waals surface area contributed by atoms with E-state index < -0.39 is 0 Å². The highest BCUT2D eigenvalue weighted by Gasteiger charge is 2.24. The first-order valence-electron chi connectivity index (χ1n) is 9.50. The topological polar surface area (TPSA) is 50.7 Å². The van der Waals surface area contributed by atoms with Crippen LogP contribution in [0.4, 0.5) is 5.69 Å². The number of aliphatic imine (C=N–C) groups is 1. The Bertz CT molecular complexity index is 1190. The fourth-order valence-corrected chi connectivity index (χ4v) is 4.05. The van der Waals surface area contributed by atoms with E-state index in [1.807, 2.05) is 43.3 Å². The molecule has 3 aromatic carbocycles. The highest BCUT2D eigenvalue weighted by Crippen LogP contribution is 2.35. The first-order valence-corrected chi connectivity index (χ1v) is 11.1. The van der Waals surface area contributed by atoms with E-state index in [1.54, 1.807) is 24.3 Å². The monoisotopic (exact) mass is 468 g/mol. The van der Waals surface area contributed by atoms with Gasteiger partial charge in [0.15, 0.2) is 5.17 Å². The van der Waals surface area contributed by atoms with Crippen LogP contribution in [0.5, 0.6) is 5.75 Å². The minimum atomic E-state index is -0.227. The van der Waals surface area contributed by atoms with Gasteiger partial charge in [-0.1, -0.05) is 77.3 Å². The molecule has 4 rings (SSSR count). The Labute approximate surface area is 194 Å². The van der Waals surface area contributed by atoms with Crippen LogP contribution in [0.3, 0.4) is 0 Å². The molecule has 0 aliphatic carbocycles. The Hall–Kier alpha value is -2.73. The summed E-state index contributed by atoms with van der Waals surface area (Å²) >= 11 is 13.5. The number of carbonyl (C=O) groups is 1. The Morgan fingerprint density at radius 1 is 1.03 bits per heavy atom. The first-order chi connectivity index (χ1) is 15.0. The SMILES string of the molecule is Cc1ccc(COc2ccccc2/C=C2/SC(=Nc3cccc(Cl)c3Cl)NC2=O)cc1. The number of rotatable bonds is 5. The van der Waals surface area contributed by atoms with Crippen LogP contribution in [0.2, 0.25) is 10.0 Å². The zero-order valence-corrected chi connectivity index (χ0v) is 18.9. The molecule has 1 N–H and O–H groups in total. The molecule has 4 nitrogen and oxygen atoms in total. The summed E-state index contributed by atoms with van der Waals surface area (Å²) in [4.78, 5) is 17.4. The van der Waals surface area contributed by atoms with Crippen molar-refractivity contribution < 1.29 is 9.53 Å². The summed E-state index contributed by atoms with van der Waals surface area (Å²) in [5.74, 6) is 0.475. The number of amides is 1. The van der Waals surface area contributed by atoms with E-state index in [0.29, 0.717) is 38.2 Å². The lowest BCUT2D eigenvalue weighted by Gasteiger charge is -2.10. The average Bonchev–Trinajstić information content (AvgIpc) is 3.10. The molecular formula is C24H18Cl2N2O2S. The fraction of sp³-hybridized carbons (Fsp3) is 0.0833. The molecule has 31 heavy (non-hydrogen) atoms. The second-order valence-electron chi connectivity index (χ2n) is 6.87. The summed E-state index contributed by atoms with van der Waals surface area (Å²) in [5, 5.41) is 3.96. The van der Waals surface area contributed by atoms with Crippen molar-refractivity contribution in [2.45, 2.75) is 13.5 Å². The maximum atomic E-state index is 12.5. The van der Waals surface area contributed by atoms with Crippen molar-refractivity contribution >= 4 is 57.8 Å². The summed E-state index contributed by atoms with van der Waals surface area (Å²) < 4.78 is 6.01. The molecule has 7 heteroatoms. The Morgan fingerprint density at radius 3 is 2.61 bits per heavy atom. The Balaban J connectivity index is 1.53. The number of nitrogens with zero attached hydrogens (tertiary/aromatic N) is 1. The molecule has 0 unspecified atom stereocenters. The number of carbonyl (C=O) groups excluding carboxylic acids is 1. The lowest BCUT2D eigenvalue weighted by Crippen LogP contribution is -2.19. The van der Waals surface area contributed by atoms with Gasteiger partial charge in [-0.15, -0.1) is 0 Å². The molecule has 156 valence electrons. The van der Waals surface area contributed by atoms with Crippen LogP contribution in [0.15, 0.2) is 76.6 Å². The standard InChI is InChI=1S/C24H18Cl2N2O2S/c1-15-9-11-16(12-10-15)14-30-20-8-3-2-5-17(20)13-21-23(29)28-24(31-21)27-19-7-4-6-18(25)22(19)26/h2-13H,14H2,1H3,(H,27,28,29)/b21-13+.